The molecule has 3 heterocycles. The number of hydrogen-bond donors (Lipinski definition) is 0. The fraction of sp³-hybridized carbons (Fsp3) is 0.364. The third-order valence-corrected chi connectivity index (χ3v) is 5.55. The van der Waals surface area contributed by atoms with Crippen molar-refractivity contribution in [2.45, 2.75) is 24.7 Å². The lowest BCUT2D eigenvalue weighted by atomic mass is 9.98. The Labute approximate surface area is 164 Å². The van der Waals surface area contributed by atoms with Crippen molar-refractivity contribution in [3.63, 3.8) is 0 Å². The molecule has 1 unspecified atom stereocenters. The molecule has 0 aliphatic carbocycles. The number of likely N-dealkylation sites (tertiary alicyclic amines) is 1. The van der Waals surface area contributed by atoms with Crippen molar-refractivity contribution in [2.75, 3.05) is 26.3 Å². The molecular formula is C22H23N3O3. The van der Waals surface area contributed by atoms with Crippen LogP contribution >= 0.6 is 0 Å². The Hall–Kier alpha value is -2.54. The van der Waals surface area contributed by atoms with Crippen molar-refractivity contribution < 1.29 is 13.9 Å². The van der Waals surface area contributed by atoms with E-state index in [1.165, 1.54) is 0 Å². The van der Waals surface area contributed by atoms with Gasteiger partial charge in [0, 0.05) is 31.5 Å². The van der Waals surface area contributed by atoms with E-state index in [2.05, 4.69) is 27.2 Å². The third-order valence-electron chi connectivity index (χ3n) is 5.55. The van der Waals surface area contributed by atoms with E-state index in [9.17, 15) is 0 Å². The van der Waals surface area contributed by atoms with Gasteiger partial charge in [0.1, 0.15) is 6.04 Å². The Balaban J connectivity index is 1.44. The maximum atomic E-state index is 6.13. The van der Waals surface area contributed by atoms with Crippen LogP contribution in [-0.2, 0) is 9.47 Å². The van der Waals surface area contributed by atoms with Gasteiger partial charge in [0.15, 0.2) is 5.79 Å². The van der Waals surface area contributed by atoms with Gasteiger partial charge in [-0.2, -0.15) is 0 Å². The van der Waals surface area contributed by atoms with Crippen LogP contribution in [0.1, 0.15) is 30.3 Å². The van der Waals surface area contributed by atoms with Crippen molar-refractivity contribution in [1.82, 2.24) is 15.1 Å². The third kappa shape index (κ3) is 3.35. The normalized spacial score (nSPS) is 20.4. The van der Waals surface area contributed by atoms with Gasteiger partial charge in [-0.25, -0.2) is 0 Å². The second-order valence-corrected chi connectivity index (χ2v) is 7.27. The summed E-state index contributed by atoms with van der Waals surface area (Å²) in [7, 11) is 0. The van der Waals surface area contributed by atoms with E-state index in [0.29, 0.717) is 25.0 Å². The maximum Gasteiger partial charge on any atom is 0.247 e. The van der Waals surface area contributed by atoms with Crippen molar-refractivity contribution in [1.29, 1.82) is 0 Å². The SMILES string of the molecule is c1ccc(-c2nnc(C(c3ccccc3)N3CCC4(CC3)OCCO4)o2)cc1. The molecule has 1 atom stereocenters. The maximum absolute atomic E-state index is 6.13. The van der Waals surface area contributed by atoms with Gasteiger partial charge in [0.2, 0.25) is 11.8 Å². The first kappa shape index (κ1) is 17.6. The predicted octanol–water partition coefficient (Wildman–Crippen LogP) is 3.66. The minimum atomic E-state index is -0.401. The topological polar surface area (TPSA) is 60.6 Å². The highest BCUT2D eigenvalue weighted by Crippen LogP contribution is 2.37. The summed E-state index contributed by atoms with van der Waals surface area (Å²) >= 11 is 0. The first-order valence-electron chi connectivity index (χ1n) is 9.79. The van der Waals surface area contributed by atoms with Crippen molar-refractivity contribution in [3.05, 3.63) is 72.1 Å². The van der Waals surface area contributed by atoms with E-state index >= 15 is 0 Å². The van der Waals surface area contributed by atoms with E-state index in [4.69, 9.17) is 13.9 Å². The monoisotopic (exact) mass is 377 g/mol. The first-order valence-corrected chi connectivity index (χ1v) is 9.79. The van der Waals surface area contributed by atoms with E-state index in [0.717, 1.165) is 37.1 Å². The smallest absolute Gasteiger partial charge is 0.247 e. The lowest BCUT2D eigenvalue weighted by Gasteiger charge is -2.40. The van der Waals surface area contributed by atoms with Gasteiger partial charge >= 0.3 is 0 Å². The molecule has 5 rings (SSSR count). The van der Waals surface area contributed by atoms with Gasteiger partial charge in [0.25, 0.3) is 0 Å². The lowest BCUT2D eigenvalue weighted by Crippen LogP contribution is -2.46. The quantitative estimate of drug-likeness (QED) is 0.691. The molecule has 2 aliphatic heterocycles. The standard InChI is InChI=1S/C22H23N3O3/c1-3-7-17(8-4-1)19(25-13-11-22(12-14-25)26-15-16-27-22)21-24-23-20(28-21)18-9-5-2-6-10-18/h1-10,19H,11-16H2. The zero-order valence-electron chi connectivity index (χ0n) is 15.7. The van der Waals surface area contributed by atoms with Crippen molar-refractivity contribution >= 4 is 0 Å². The fourth-order valence-corrected chi connectivity index (χ4v) is 4.10. The van der Waals surface area contributed by atoms with Gasteiger partial charge < -0.3 is 13.9 Å². The van der Waals surface area contributed by atoms with Crippen LogP contribution in [0.2, 0.25) is 0 Å². The second kappa shape index (κ2) is 7.47. The Bertz CT molecular complexity index is 897. The lowest BCUT2D eigenvalue weighted by molar-refractivity contribution is -0.187. The minimum absolute atomic E-state index is 0.0788. The number of ether oxygens (including phenoxy) is 2. The molecule has 0 N–H and O–H groups in total. The minimum Gasteiger partial charge on any atom is -0.419 e. The molecule has 0 radical (unpaired) electrons. The van der Waals surface area contributed by atoms with E-state index in [1.54, 1.807) is 0 Å². The molecule has 6 nitrogen and oxygen atoms in total. The van der Waals surface area contributed by atoms with Crippen LogP contribution in [0.4, 0.5) is 0 Å². The summed E-state index contributed by atoms with van der Waals surface area (Å²) < 4.78 is 17.9. The highest BCUT2D eigenvalue weighted by atomic mass is 16.7. The van der Waals surface area contributed by atoms with Crippen LogP contribution in [0, 0.1) is 0 Å². The van der Waals surface area contributed by atoms with Gasteiger partial charge in [-0.15, -0.1) is 10.2 Å². The summed E-state index contributed by atoms with van der Waals surface area (Å²) in [6.45, 7) is 3.07. The summed E-state index contributed by atoms with van der Waals surface area (Å²) in [6.07, 6.45) is 1.69. The zero-order chi connectivity index (χ0) is 18.8. The largest absolute Gasteiger partial charge is 0.419 e. The van der Waals surface area contributed by atoms with Crippen LogP contribution in [0.5, 0.6) is 0 Å². The highest BCUT2D eigenvalue weighted by molar-refractivity contribution is 5.51. The van der Waals surface area contributed by atoms with Gasteiger partial charge in [-0.3, -0.25) is 4.90 Å². The molecule has 0 bridgehead atoms. The molecule has 3 aromatic rings. The molecule has 2 aliphatic rings. The summed E-state index contributed by atoms with van der Waals surface area (Å²) in [5.41, 5.74) is 2.08. The fourth-order valence-electron chi connectivity index (χ4n) is 4.10. The van der Waals surface area contributed by atoms with Gasteiger partial charge in [-0.05, 0) is 17.7 Å². The molecule has 28 heavy (non-hydrogen) atoms. The number of benzene rings is 2. The average molecular weight is 377 g/mol. The Morgan fingerprint density at radius 3 is 2.14 bits per heavy atom. The van der Waals surface area contributed by atoms with Crippen LogP contribution < -0.4 is 0 Å². The Morgan fingerprint density at radius 2 is 1.46 bits per heavy atom. The first-order chi connectivity index (χ1) is 13.8. The molecule has 6 heteroatoms. The van der Waals surface area contributed by atoms with E-state index in [-0.39, 0.29) is 6.04 Å². The second-order valence-electron chi connectivity index (χ2n) is 7.27. The number of rotatable bonds is 4. The van der Waals surface area contributed by atoms with Crippen LogP contribution in [0.3, 0.4) is 0 Å². The Kier molecular flexibility index (Phi) is 4.68. The molecule has 2 aromatic carbocycles. The van der Waals surface area contributed by atoms with E-state index < -0.39 is 5.79 Å². The van der Waals surface area contributed by atoms with Crippen LogP contribution in [0.15, 0.2) is 65.1 Å². The summed E-state index contributed by atoms with van der Waals surface area (Å²) in [4.78, 5) is 2.38. The molecule has 2 saturated heterocycles. The molecule has 144 valence electrons. The van der Waals surface area contributed by atoms with Crippen molar-refractivity contribution in [2.24, 2.45) is 0 Å². The molecule has 1 spiro atoms. The molecule has 0 saturated carbocycles. The Morgan fingerprint density at radius 1 is 0.821 bits per heavy atom. The van der Waals surface area contributed by atoms with Gasteiger partial charge in [0.05, 0.1) is 13.2 Å². The molecule has 2 fully saturated rings. The number of nitrogens with zero attached hydrogens (tertiary/aromatic N) is 3. The predicted molar refractivity (Wildman–Crippen MR) is 103 cm³/mol. The van der Waals surface area contributed by atoms with Crippen LogP contribution in [-0.4, -0.2) is 47.2 Å². The molecular weight excluding hydrogens is 354 g/mol. The summed E-state index contributed by atoms with van der Waals surface area (Å²) in [5, 5.41) is 8.72. The number of aromatic nitrogens is 2. The summed E-state index contributed by atoms with van der Waals surface area (Å²) in [5.74, 6) is 0.767. The van der Waals surface area contributed by atoms with E-state index in [1.807, 2.05) is 48.5 Å². The zero-order valence-corrected chi connectivity index (χ0v) is 15.7. The molecule has 0 amide bonds. The molecule has 1 aromatic heterocycles. The highest BCUT2D eigenvalue weighted by Gasteiger charge is 2.42. The van der Waals surface area contributed by atoms with Crippen molar-refractivity contribution in [3.8, 4) is 11.5 Å². The number of piperidine rings is 1. The summed E-state index contributed by atoms with van der Waals surface area (Å²) in [6, 6.07) is 20.1. The van der Waals surface area contributed by atoms with Gasteiger partial charge in [-0.1, -0.05) is 48.5 Å². The van der Waals surface area contributed by atoms with Crippen LogP contribution in [0.25, 0.3) is 11.5 Å². The average Bonchev–Trinajstić information content (AvgIpc) is 3.42. The number of hydrogen-bond acceptors (Lipinski definition) is 6.